The number of aryl methyl sites for hydroxylation is 1. The van der Waals surface area contributed by atoms with E-state index in [2.05, 4.69) is 4.72 Å². The molecule has 0 aliphatic carbocycles. The smallest absolute Gasteiger partial charge is 0.261 e. The molecule has 3 N–H and O–H groups in total. The van der Waals surface area contributed by atoms with Crippen LogP contribution in [-0.4, -0.2) is 8.42 Å². The maximum absolute atomic E-state index is 12.8. The highest BCUT2D eigenvalue weighted by molar-refractivity contribution is 7.92. The molecule has 4 nitrogen and oxygen atoms in total. The first-order chi connectivity index (χ1) is 8.88. The summed E-state index contributed by atoms with van der Waals surface area (Å²) in [7, 11) is -3.74. The Morgan fingerprint density at radius 1 is 1.11 bits per heavy atom. The van der Waals surface area contributed by atoms with Gasteiger partial charge in [0.15, 0.2) is 0 Å². The number of anilines is 2. The van der Waals surface area contributed by atoms with E-state index in [9.17, 15) is 12.8 Å². The highest BCUT2D eigenvalue weighted by Gasteiger charge is 2.15. The average Bonchev–Trinajstić information content (AvgIpc) is 2.34. The topological polar surface area (TPSA) is 72.2 Å². The minimum atomic E-state index is -3.74. The third-order valence-electron chi connectivity index (χ3n) is 2.63. The second kappa shape index (κ2) is 4.89. The number of nitrogens with two attached hydrogens (primary N) is 1. The number of rotatable bonds is 3. The summed E-state index contributed by atoms with van der Waals surface area (Å²) in [5.74, 6) is -0.487. The second-order valence-corrected chi connectivity index (χ2v) is 5.82. The molecule has 2 aromatic rings. The van der Waals surface area contributed by atoms with Crippen LogP contribution in [0, 0.1) is 12.7 Å². The molecule has 2 aromatic carbocycles. The van der Waals surface area contributed by atoms with Gasteiger partial charge in [-0.05, 0) is 48.9 Å². The Hall–Kier alpha value is -2.08. The lowest BCUT2D eigenvalue weighted by molar-refractivity contribution is 0.599. The van der Waals surface area contributed by atoms with Crippen molar-refractivity contribution in [2.24, 2.45) is 0 Å². The Morgan fingerprint density at radius 2 is 1.74 bits per heavy atom. The molecule has 0 saturated heterocycles. The van der Waals surface area contributed by atoms with Gasteiger partial charge in [0.05, 0.1) is 10.6 Å². The van der Waals surface area contributed by atoms with Gasteiger partial charge in [-0.15, -0.1) is 0 Å². The zero-order valence-electron chi connectivity index (χ0n) is 10.2. The van der Waals surface area contributed by atoms with Crippen molar-refractivity contribution in [2.45, 2.75) is 11.8 Å². The Kier molecular flexibility index (Phi) is 3.44. The number of nitrogens with one attached hydrogen (secondary N) is 1. The van der Waals surface area contributed by atoms with Gasteiger partial charge in [0.1, 0.15) is 5.82 Å². The molecule has 0 fully saturated rings. The summed E-state index contributed by atoms with van der Waals surface area (Å²) in [5.41, 5.74) is 7.24. The third kappa shape index (κ3) is 3.03. The predicted molar refractivity (Wildman–Crippen MR) is 72.8 cm³/mol. The van der Waals surface area contributed by atoms with Crippen molar-refractivity contribution in [3.63, 3.8) is 0 Å². The molecule has 100 valence electrons. The van der Waals surface area contributed by atoms with Gasteiger partial charge in [0.2, 0.25) is 0 Å². The molecule has 19 heavy (non-hydrogen) atoms. The molecule has 6 heteroatoms. The molecule has 0 atom stereocenters. The summed E-state index contributed by atoms with van der Waals surface area (Å²) in [6, 6.07) is 9.55. The Morgan fingerprint density at radius 3 is 2.37 bits per heavy atom. The molecule has 0 heterocycles. The molecule has 0 aromatic heterocycles. The molecule has 0 spiro atoms. The van der Waals surface area contributed by atoms with Gasteiger partial charge in [0, 0.05) is 5.69 Å². The molecule has 0 radical (unpaired) electrons. The van der Waals surface area contributed by atoms with Crippen molar-refractivity contribution in [1.82, 2.24) is 0 Å². The van der Waals surface area contributed by atoms with Crippen LogP contribution in [0.2, 0.25) is 0 Å². The molecule has 0 aliphatic rings. The minimum Gasteiger partial charge on any atom is -0.399 e. The van der Waals surface area contributed by atoms with Crippen molar-refractivity contribution < 1.29 is 12.8 Å². The predicted octanol–water partition coefficient (Wildman–Crippen LogP) is 2.52. The van der Waals surface area contributed by atoms with Crippen molar-refractivity contribution in [1.29, 1.82) is 0 Å². The minimum absolute atomic E-state index is 0.00396. The fraction of sp³-hybridized carbons (Fsp3) is 0.0769. The zero-order chi connectivity index (χ0) is 14.0. The fourth-order valence-corrected chi connectivity index (χ4v) is 2.69. The Balaban J connectivity index is 2.36. The van der Waals surface area contributed by atoms with E-state index in [1.807, 2.05) is 0 Å². The number of sulfonamides is 1. The first-order valence-corrected chi connectivity index (χ1v) is 7.01. The van der Waals surface area contributed by atoms with Gasteiger partial charge >= 0.3 is 0 Å². The van der Waals surface area contributed by atoms with E-state index in [4.69, 9.17) is 5.73 Å². The standard InChI is InChI=1S/C13H13FN2O2S/c1-9-2-5-11(15)8-13(9)16-19(17,18)12-6-3-10(14)4-7-12/h2-8,16H,15H2,1H3. The molecular formula is C13H13FN2O2S. The van der Waals surface area contributed by atoms with E-state index in [0.717, 1.165) is 17.7 Å². The van der Waals surface area contributed by atoms with Crippen LogP contribution in [0.25, 0.3) is 0 Å². The quantitative estimate of drug-likeness (QED) is 0.848. The summed E-state index contributed by atoms with van der Waals surface area (Å²) in [6.07, 6.45) is 0. The molecular weight excluding hydrogens is 267 g/mol. The van der Waals surface area contributed by atoms with Gasteiger partial charge in [-0.2, -0.15) is 0 Å². The van der Waals surface area contributed by atoms with Crippen LogP contribution < -0.4 is 10.5 Å². The van der Waals surface area contributed by atoms with E-state index in [-0.39, 0.29) is 4.90 Å². The summed E-state index contributed by atoms with van der Waals surface area (Å²) in [6.45, 7) is 1.77. The van der Waals surface area contributed by atoms with Crippen LogP contribution in [0.5, 0.6) is 0 Å². The number of halogens is 1. The number of nitrogen functional groups attached to an aromatic ring is 1. The number of benzene rings is 2. The summed E-state index contributed by atoms with van der Waals surface area (Å²) in [5, 5.41) is 0. The van der Waals surface area contributed by atoms with Crippen molar-refractivity contribution in [2.75, 3.05) is 10.5 Å². The van der Waals surface area contributed by atoms with E-state index in [0.29, 0.717) is 11.4 Å². The monoisotopic (exact) mass is 280 g/mol. The second-order valence-electron chi connectivity index (χ2n) is 4.13. The molecule has 0 saturated carbocycles. The summed E-state index contributed by atoms with van der Waals surface area (Å²) < 4.78 is 39.4. The maximum Gasteiger partial charge on any atom is 0.261 e. The lowest BCUT2D eigenvalue weighted by Gasteiger charge is -2.11. The largest absolute Gasteiger partial charge is 0.399 e. The average molecular weight is 280 g/mol. The number of hydrogen-bond acceptors (Lipinski definition) is 3. The highest BCUT2D eigenvalue weighted by atomic mass is 32.2. The van der Waals surface area contributed by atoms with Crippen LogP contribution in [0.4, 0.5) is 15.8 Å². The maximum atomic E-state index is 12.8. The van der Waals surface area contributed by atoms with Crippen molar-refractivity contribution >= 4 is 21.4 Å². The van der Waals surface area contributed by atoms with Crippen LogP contribution in [0.3, 0.4) is 0 Å². The molecule has 0 aliphatic heterocycles. The Labute approximate surface area is 111 Å². The van der Waals surface area contributed by atoms with E-state index < -0.39 is 15.8 Å². The first kappa shape index (κ1) is 13.4. The lowest BCUT2D eigenvalue weighted by Crippen LogP contribution is -2.14. The summed E-state index contributed by atoms with van der Waals surface area (Å²) >= 11 is 0. The molecule has 0 bridgehead atoms. The van der Waals surface area contributed by atoms with E-state index in [1.54, 1.807) is 19.1 Å². The zero-order valence-corrected chi connectivity index (χ0v) is 11.0. The SMILES string of the molecule is Cc1ccc(N)cc1NS(=O)(=O)c1ccc(F)cc1. The van der Waals surface area contributed by atoms with Gasteiger partial charge < -0.3 is 5.73 Å². The molecule has 2 rings (SSSR count). The van der Waals surface area contributed by atoms with Crippen molar-refractivity contribution in [3.8, 4) is 0 Å². The van der Waals surface area contributed by atoms with E-state index >= 15 is 0 Å². The normalized spacial score (nSPS) is 11.3. The number of hydrogen-bond donors (Lipinski definition) is 2. The molecule has 0 amide bonds. The fourth-order valence-electron chi connectivity index (χ4n) is 1.57. The van der Waals surface area contributed by atoms with Crippen LogP contribution >= 0.6 is 0 Å². The first-order valence-electron chi connectivity index (χ1n) is 5.53. The van der Waals surface area contributed by atoms with Crippen LogP contribution in [0.15, 0.2) is 47.4 Å². The van der Waals surface area contributed by atoms with Gasteiger partial charge in [-0.1, -0.05) is 6.07 Å². The van der Waals surface area contributed by atoms with E-state index in [1.165, 1.54) is 18.2 Å². The third-order valence-corrected chi connectivity index (χ3v) is 4.01. The molecule has 0 unspecified atom stereocenters. The van der Waals surface area contributed by atoms with Crippen molar-refractivity contribution in [3.05, 3.63) is 53.8 Å². The highest BCUT2D eigenvalue weighted by Crippen LogP contribution is 2.22. The van der Waals surface area contributed by atoms with Gasteiger partial charge in [-0.25, -0.2) is 12.8 Å². The lowest BCUT2D eigenvalue weighted by atomic mass is 10.2. The van der Waals surface area contributed by atoms with Crippen LogP contribution in [-0.2, 0) is 10.0 Å². The van der Waals surface area contributed by atoms with Gasteiger partial charge in [-0.3, -0.25) is 4.72 Å². The Bertz CT molecular complexity index is 697. The van der Waals surface area contributed by atoms with Gasteiger partial charge in [0.25, 0.3) is 10.0 Å². The van der Waals surface area contributed by atoms with Crippen LogP contribution in [0.1, 0.15) is 5.56 Å². The summed E-state index contributed by atoms with van der Waals surface area (Å²) in [4.78, 5) is -0.00396.